The van der Waals surface area contributed by atoms with Crippen molar-refractivity contribution in [2.24, 2.45) is 5.92 Å². The van der Waals surface area contributed by atoms with Crippen LogP contribution in [-0.2, 0) is 28.5 Å². The van der Waals surface area contributed by atoms with Crippen LogP contribution in [0.4, 0.5) is 0 Å². The Morgan fingerprint density at radius 3 is 1.43 bits per heavy atom. The molecular weight excluding hydrogens is 192 g/mol. The van der Waals surface area contributed by atoms with Crippen LogP contribution in [0.25, 0.3) is 0 Å². The minimum absolute atomic E-state index is 0.759. The summed E-state index contributed by atoms with van der Waals surface area (Å²) < 4.78 is 18.4. The first kappa shape index (κ1) is 12.9. The molecule has 0 aromatic heterocycles. The van der Waals surface area contributed by atoms with Crippen molar-refractivity contribution in [1.29, 1.82) is 0 Å². The molecule has 0 aromatic carbocycles. The fourth-order valence-corrected chi connectivity index (χ4v) is 0.941. The van der Waals surface area contributed by atoms with E-state index in [1.807, 2.05) is 0 Å². The summed E-state index contributed by atoms with van der Waals surface area (Å²) in [4.78, 5) is 22.4. The van der Waals surface area contributed by atoms with E-state index in [0.29, 0.717) is 0 Å². The first-order chi connectivity index (χ1) is 6.62. The van der Waals surface area contributed by atoms with Crippen LogP contribution in [0.2, 0.25) is 0 Å². The van der Waals surface area contributed by atoms with Gasteiger partial charge >= 0.3 is 11.9 Å². The van der Waals surface area contributed by atoms with Crippen molar-refractivity contribution in [2.45, 2.75) is 6.29 Å². The van der Waals surface area contributed by atoms with Gasteiger partial charge in [-0.2, -0.15) is 0 Å². The maximum absolute atomic E-state index is 11.2. The molecule has 0 aromatic rings. The summed E-state index contributed by atoms with van der Waals surface area (Å²) in [5.74, 6) is -2.74. The normalized spacial score (nSPS) is 10.4. The Morgan fingerprint density at radius 2 is 1.21 bits per heavy atom. The Kier molecular flexibility index (Phi) is 5.82. The Hall–Kier alpha value is -1.14. The minimum Gasteiger partial charge on any atom is -0.468 e. The highest BCUT2D eigenvalue weighted by Gasteiger charge is 2.37. The topological polar surface area (TPSA) is 71.1 Å². The van der Waals surface area contributed by atoms with Gasteiger partial charge in [-0.15, -0.1) is 0 Å². The number of rotatable bonds is 5. The lowest BCUT2D eigenvalue weighted by atomic mass is 10.1. The van der Waals surface area contributed by atoms with Crippen LogP contribution >= 0.6 is 0 Å². The van der Waals surface area contributed by atoms with Crippen molar-refractivity contribution < 1.29 is 28.5 Å². The molecule has 14 heavy (non-hydrogen) atoms. The summed E-state index contributed by atoms with van der Waals surface area (Å²) in [5, 5.41) is 0. The van der Waals surface area contributed by atoms with E-state index in [1.54, 1.807) is 0 Å². The van der Waals surface area contributed by atoms with Crippen LogP contribution < -0.4 is 0 Å². The Balaban J connectivity index is 4.69. The lowest BCUT2D eigenvalue weighted by Gasteiger charge is -2.20. The van der Waals surface area contributed by atoms with Gasteiger partial charge in [0.15, 0.2) is 6.29 Å². The Bertz CT molecular complexity index is 182. The molecule has 0 saturated heterocycles. The van der Waals surface area contributed by atoms with Gasteiger partial charge in [-0.3, -0.25) is 9.59 Å². The first-order valence-corrected chi connectivity index (χ1v) is 3.83. The highest BCUT2D eigenvalue weighted by molar-refractivity contribution is 5.95. The second-order valence-corrected chi connectivity index (χ2v) is 2.36. The van der Waals surface area contributed by atoms with Gasteiger partial charge in [0.1, 0.15) is 0 Å². The molecule has 6 heteroatoms. The van der Waals surface area contributed by atoms with E-state index in [2.05, 4.69) is 9.47 Å². The minimum atomic E-state index is -1.22. The average molecular weight is 206 g/mol. The highest BCUT2D eigenvalue weighted by Crippen LogP contribution is 2.12. The molecule has 0 bridgehead atoms. The summed E-state index contributed by atoms with van der Waals surface area (Å²) >= 11 is 0. The van der Waals surface area contributed by atoms with E-state index in [0.717, 1.165) is 0 Å². The highest BCUT2D eigenvalue weighted by atomic mass is 16.7. The molecule has 0 aliphatic carbocycles. The summed E-state index contributed by atoms with van der Waals surface area (Å²) in [7, 11) is 4.96. The lowest BCUT2D eigenvalue weighted by molar-refractivity contribution is -0.188. The van der Waals surface area contributed by atoms with Crippen LogP contribution in [0.3, 0.4) is 0 Å². The van der Waals surface area contributed by atoms with E-state index in [9.17, 15) is 9.59 Å². The summed E-state index contributed by atoms with van der Waals surface area (Å²) in [5.41, 5.74) is 0. The number of esters is 2. The standard InChI is InChI=1S/C8H14O6/c1-11-6(9)5(7(10)12-2)8(13-3)14-4/h5,8H,1-4H3. The number of hydrogen-bond donors (Lipinski definition) is 0. The van der Waals surface area contributed by atoms with Gasteiger partial charge in [0.05, 0.1) is 14.2 Å². The maximum Gasteiger partial charge on any atom is 0.325 e. The lowest BCUT2D eigenvalue weighted by Crippen LogP contribution is -2.39. The zero-order valence-corrected chi connectivity index (χ0v) is 8.60. The predicted molar refractivity (Wildman–Crippen MR) is 45.3 cm³/mol. The molecule has 6 nitrogen and oxygen atoms in total. The van der Waals surface area contributed by atoms with Gasteiger partial charge in [0.25, 0.3) is 0 Å². The predicted octanol–water partition coefficient (Wildman–Crippen LogP) is -0.433. The molecule has 0 rings (SSSR count). The molecule has 0 aliphatic rings. The van der Waals surface area contributed by atoms with Crippen molar-refractivity contribution >= 4 is 11.9 Å². The number of ether oxygens (including phenoxy) is 4. The fourth-order valence-electron chi connectivity index (χ4n) is 0.941. The molecule has 0 N–H and O–H groups in total. The maximum atomic E-state index is 11.2. The molecular formula is C8H14O6. The van der Waals surface area contributed by atoms with Crippen LogP contribution in [-0.4, -0.2) is 46.7 Å². The SMILES string of the molecule is COC(=O)C(C(=O)OC)C(OC)OC. The zero-order chi connectivity index (χ0) is 11.1. The van der Waals surface area contributed by atoms with Crippen molar-refractivity contribution in [2.75, 3.05) is 28.4 Å². The summed E-state index contributed by atoms with van der Waals surface area (Å²) in [6.07, 6.45) is -1.00. The number of carbonyl (C=O) groups excluding carboxylic acids is 2. The zero-order valence-electron chi connectivity index (χ0n) is 8.60. The smallest absolute Gasteiger partial charge is 0.325 e. The van der Waals surface area contributed by atoms with E-state index >= 15 is 0 Å². The van der Waals surface area contributed by atoms with E-state index < -0.39 is 24.1 Å². The number of hydrogen-bond acceptors (Lipinski definition) is 6. The Morgan fingerprint density at radius 1 is 0.857 bits per heavy atom. The van der Waals surface area contributed by atoms with Crippen LogP contribution in [0, 0.1) is 5.92 Å². The monoisotopic (exact) mass is 206 g/mol. The third kappa shape index (κ3) is 2.97. The van der Waals surface area contributed by atoms with E-state index in [4.69, 9.17) is 9.47 Å². The van der Waals surface area contributed by atoms with Crippen molar-refractivity contribution in [3.05, 3.63) is 0 Å². The van der Waals surface area contributed by atoms with Gasteiger partial charge < -0.3 is 18.9 Å². The van der Waals surface area contributed by atoms with Crippen LogP contribution in [0.5, 0.6) is 0 Å². The molecule has 0 aliphatic heterocycles. The third-order valence-electron chi connectivity index (χ3n) is 1.65. The van der Waals surface area contributed by atoms with Gasteiger partial charge in [-0.05, 0) is 0 Å². The van der Waals surface area contributed by atoms with Crippen molar-refractivity contribution in [1.82, 2.24) is 0 Å². The first-order valence-electron chi connectivity index (χ1n) is 3.83. The van der Waals surface area contributed by atoms with Gasteiger partial charge in [-0.25, -0.2) is 0 Å². The van der Waals surface area contributed by atoms with E-state index in [1.165, 1.54) is 28.4 Å². The average Bonchev–Trinajstić information content (AvgIpc) is 2.23. The molecule has 0 fully saturated rings. The largest absolute Gasteiger partial charge is 0.468 e. The summed E-state index contributed by atoms with van der Waals surface area (Å²) in [6.45, 7) is 0. The van der Waals surface area contributed by atoms with Crippen molar-refractivity contribution in [3.8, 4) is 0 Å². The number of carbonyl (C=O) groups is 2. The molecule has 82 valence electrons. The molecule has 0 unspecified atom stereocenters. The molecule has 0 amide bonds. The van der Waals surface area contributed by atoms with Crippen LogP contribution in [0.1, 0.15) is 0 Å². The molecule has 0 radical (unpaired) electrons. The Labute approximate surface area is 82.1 Å². The van der Waals surface area contributed by atoms with Crippen LogP contribution in [0.15, 0.2) is 0 Å². The third-order valence-corrected chi connectivity index (χ3v) is 1.65. The number of methoxy groups -OCH3 is 4. The fraction of sp³-hybridized carbons (Fsp3) is 0.750. The summed E-state index contributed by atoms with van der Waals surface area (Å²) in [6, 6.07) is 0. The second-order valence-electron chi connectivity index (χ2n) is 2.36. The van der Waals surface area contributed by atoms with Crippen molar-refractivity contribution in [3.63, 3.8) is 0 Å². The molecule has 0 atom stereocenters. The molecule has 0 heterocycles. The quantitative estimate of drug-likeness (QED) is 0.345. The molecule has 0 saturated carbocycles. The van der Waals surface area contributed by atoms with Gasteiger partial charge in [0.2, 0.25) is 5.92 Å². The second kappa shape index (κ2) is 6.33. The van der Waals surface area contributed by atoms with Gasteiger partial charge in [-0.1, -0.05) is 0 Å². The van der Waals surface area contributed by atoms with E-state index in [-0.39, 0.29) is 0 Å². The molecule has 0 spiro atoms. The van der Waals surface area contributed by atoms with Gasteiger partial charge in [0, 0.05) is 14.2 Å².